The third kappa shape index (κ3) is 3.31. The number of nitrogens with two attached hydrogens (primary N) is 1. The van der Waals surface area contributed by atoms with Gasteiger partial charge in [-0.3, -0.25) is 0 Å². The molecule has 92 valence electrons. The summed E-state index contributed by atoms with van der Waals surface area (Å²) in [4.78, 5) is 0.347. The van der Waals surface area contributed by atoms with Gasteiger partial charge in [0.2, 0.25) is 0 Å². The fourth-order valence-corrected chi connectivity index (χ4v) is 2.20. The summed E-state index contributed by atoms with van der Waals surface area (Å²) in [5, 5.41) is 0. The van der Waals surface area contributed by atoms with E-state index in [0.717, 1.165) is 15.6 Å². The molecule has 4 heteroatoms. The summed E-state index contributed by atoms with van der Waals surface area (Å²) >= 11 is 8.42. The first-order valence-corrected chi connectivity index (χ1v) is 6.63. The molecule has 0 aliphatic rings. The average Bonchev–Trinajstić information content (AvgIpc) is 2.37. The van der Waals surface area contributed by atoms with Crippen molar-refractivity contribution in [1.29, 1.82) is 0 Å². The molecule has 0 aliphatic carbocycles. The molecule has 2 nitrogen and oxygen atoms in total. The molecule has 0 fully saturated rings. The fraction of sp³-hybridized carbons (Fsp3) is 0.0714. The Labute approximate surface area is 120 Å². The van der Waals surface area contributed by atoms with Crippen molar-refractivity contribution < 1.29 is 4.74 Å². The molecular weight excluding hydrogens is 310 g/mol. The van der Waals surface area contributed by atoms with Gasteiger partial charge < -0.3 is 10.5 Å². The number of para-hydroxylation sites is 1. The normalized spacial score (nSPS) is 10.1. The zero-order valence-electron chi connectivity index (χ0n) is 9.60. The Balaban J connectivity index is 2.13. The highest BCUT2D eigenvalue weighted by Crippen LogP contribution is 2.20. The lowest BCUT2D eigenvalue weighted by Gasteiger charge is -2.10. The van der Waals surface area contributed by atoms with Crippen molar-refractivity contribution in [2.45, 2.75) is 6.61 Å². The van der Waals surface area contributed by atoms with Crippen LogP contribution in [0.5, 0.6) is 5.75 Å². The van der Waals surface area contributed by atoms with Crippen LogP contribution in [0, 0.1) is 0 Å². The minimum Gasteiger partial charge on any atom is -0.488 e. The van der Waals surface area contributed by atoms with Crippen LogP contribution < -0.4 is 10.5 Å². The lowest BCUT2D eigenvalue weighted by molar-refractivity contribution is 0.305. The molecule has 0 saturated carbocycles. The first-order valence-electron chi connectivity index (χ1n) is 5.43. The van der Waals surface area contributed by atoms with Crippen LogP contribution in [0.3, 0.4) is 0 Å². The van der Waals surface area contributed by atoms with E-state index in [4.69, 9.17) is 22.7 Å². The summed E-state index contributed by atoms with van der Waals surface area (Å²) in [5.74, 6) is 0.713. The van der Waals surface area contributed by atoms with Crippen molar-refractivity contribution in [3.63, 3.8) is 0 Å². The standard InChI is InChI=1S/C14H12BrNOS/c15-11-5-3-4-10(8-11)9-17-13-7-2-1-6-12(13)14(16)18/h1-8H,9H2,(H2,16,18). The molecule has 0 unspecified atom stereocenters. The minimum absolute atomic E-state index is 0.347. The number of rotatable bonds is 4. The molecule has 0 bridgehead atoms. The van der Waals surface area contributed by atoms with Gasteiger partial charge in [-0.25, -0.2) is 0 Å². The summed E-state index contributed by atoms with van der Waals surface area (Å²) in [6.07, 6.45) is 0. The molecule has 0 aromatic heterocycles. The number of hydrogen-bond acceptors (Lipinski definition) is 2. The molecule has 2 aromatic rings. The number of hydrogen-bond donors (Lipinski definition) is 1. The van der Waals surface area contributed by atoms with Crippen LogP contribution >= 0.6 is 28.1 Å². The summed E-state index contributed by atoms with van der Waals surface area (Å²) in [6, 6.07) is 15.5. The van der Waals surface area contributed by atoms with E-state index in [9.17, 15) is 0 Å². The molecule has 2 N–H and O–H groups in total. The molecule has 18 heavy (non-hydrogen) atoms. The number of benzene rings is 2. The molecule has 0 heterocycles. The van der Waals surface area contributed by atoms with Crippen LogP contribution in [0.1, 0.15) is 11.1 Å². The van der Waals surface area contributed by atoms with Crippen molar-refractivity contribution in [1.82, 2.24) is 0 Å². The smallest absolute Gasteiger partial charge is 0.129 e. The maximum Gasteiger partial charge on any atom is 0.129 e. The number of halogens is 1. The zero-order valence-corrected chi connectivity index (χ0v) is 12.0. The molecule has 0 atom stereocenters. The Morgan fingerprint density at radius 1 is 1.17 bits per heavy atom. The van der Waals surface area contributed by atoms with Crippen molar-refractivity contribution in [3.05, 3.63) is 64.1 Å². The van der Waals surface area contributed by atoms with E-state index >= 15 is 0 Å². The highest BCUT2D eigenvalue weighted by Gasteiger charge is 2.05. The lowest BCUT2D eigenvalue weighted by Crippen LogP contribution is -2.11. The topological polar surface area (TPSA) is 35.2 Å². The van der Waals surface area contributed by atoms with Crippen molar-refractivity contribution in [2.24, 2.45) is 5.73 Å². The molecule has 2 rings (SSSR count). The van der Waals surface area contributed by atoms with E-state index in [0.29, 0.717) is 17.3 Å². The highest BCUT2D eigenvalue weighted by molar-refractivity contribution is 9.10. The maximum absolute atomic E-state index is 5.75. The van der Waals surface area contributed by atoms with Crippen molar-refractivity contribution >= 4 is 33.1 Å². The maximum atomic E-state index is 5.75. The predicted octanol–water partition coefficient (Wildman–Crippen LogP) is 3.66. The molecule has 0 radical (unpaired) electrons. The predicted molar refractivity (Wildman–Crippen MR) is 80.8 cm³/mol. The molecule has 2 aromatic carbocycles. The van der Waals surface area contributed by atoms with Gasteiger partial charge >= 0.3 is 0 Å². The van der Waals surface area contributed by atoms with E-state index in [1.165, 1.54) is 0 Å². The number of ether oxygens (including phenoxy) is 1. The van der Waals surface area contributed by atoms with E-state index in [1.54, 1.807) is 0 Å². The summed E-state index contributed by atoms with van der Waals surface area (Å²) in [6.45, 7) is 0.485. The molecule has 0 spiro atoms. The van der Waals surface area contributed by atoms with Crippen LogP contribution in [-0.4, -0.2) is 4.99 Å². The van der Waals surface area contributed by atoms with Gasteiger partial charge in [0.1, 0.15) is 17.3 Å². The Morgan fingerprint density at radius 2 is 1.94 bits per heavy atom. The second kappa shape index (κ2) is 5.98. The third-order valence-corrected chi connectivity index (χ3v) is 3.15. The minimum atomic E-state index is 0.347. The monoisotopic (exact) mass is 321 g/mol. The summed E-state index contributed by atoms with van der Waals surface area (Å²) in [5.41, 5.74) is 7.50. The van der Waals surface area contributed by atoms with Gasteiger partial charge in [-0.05, 0) is 29.8 Å². The highest BCUT2D eigenvalue weighted by atomic mass is 79.9. The van der Waals surface area contributed by atoms with Gasteiger partial charge in [-0.15, -0.1) is 0 Å². The van der Waals surface area contributed by atoms with E-state index in [-0.39, 0.29) is 0 Å². The van der Waals surface area contributed by atoms with Crippen molar-refractivity contribution in [2.75, 3.05) is 0 Å². The Bertz CT molecular complexity index is 571. The van der Waals surface area contributed by atoms with Gasteiger partial charge in [-0.2, -0.15) is 0 Å². The molecular formula is C14H12BrNOS. The first kappa shape index (κ1) is 13.1. The zero-order chi connectivity index (χ0) is 13.0. The van der Waals surface area contributed by atoms with Crippen LogP contribution in [0.25, 0.3) is 0 Å². The van der Waals surface area contributed by atoms with Gasteiger partial charge in [0.25, 0.3) is 0 Å². The second-order valence-electron chi connectivity index (χ2n) is 3.78. The van der Waals surface area contributed by atoms with Gasteiger partial charge in [0, 0.05) is 4.47 Å². The van der Waals surface area contributed by atoms with E-state index in [1.807, 2.05) is 48.5 Å². The molecule has 0 saturated heterocycles. The SMILES string of the molecule is NC(=S)c1ccccc1OCc1cccc(Br)c1. The van der Waals surface area contributed by atoms with Gasteiger partial charge in [0.15, 0.2) is 0 Å². The number of thiocarbonyl (C=S) groups is 1. The molecule has 0 aliphatic heterocycles. The van der Waals surface area contributed by atoms with Crippen LogP contribution in [0.2, 0.25) is 0 Å². The first-order chi connectivity index (χ1) is 8.66. The Kier molecular flexibility index (Phi) is 4.33. The lowest BCUT2D eigenvalue weighted by atomic mass is 10.2. The van der Waals surface area contributed by atoms with Crippen LogP contribution in [-0.2, 0) is 6.61 Å². The average molecular weight is 322 g/mol. The van der Waals surface area contributed by atoms with Crippen LogP contribution in [0.4, 0.5) is 0 Å². The van der Waals surface area contributed by atoms with Crippen LogP contribution in [0.15, 0.2) is 53.0 Å². The summed E-state index contributed by atoms with van der Waals surface area (Å²) in [7, 11) is 0. The van der Waals surface area contributed by atoms with Crippen molar-refractivity contribution in [3.8, 4) is 5.75 Å². The quantitative estimate of drug-likeness (QED) is 0.873. The Hall–Kier alpha value is -1.39. The Morgan fingerprint density at radius 3 is 2.67 bits per heavy atom. The van der Waals surface area contributed by atoms with E-state index < -0.39 is 0 Å². The third-order valence-electron chi connectivity index (χ3n) is 2.44. The largest absolute Gasteiger partial charge is 0.488 e. The van der Waals surface area contributed by atoms with Gasteiger partial charge in [-0.1, -0.05) is 52.4 Å². The second-order valence-corrected chi connectivity index (χ2v) is 5.13. The van der Waals surface area contributed by atoms with Gasteiger partial charge in [0.05, 0.1) is 5.56 Å². The molecule has 0 amide bonds. The fourth-order valence-electron chi connectivity index (χ4n) is 1.58. The van der Waals surface area contributed by atoms with E-state index in [2.05, 4.69) is 15.9 Å². The summed E-state index contributed by atoms with van der Waals surface area (Å²) < 4.78 is 6.78.